The van der Waals surface area contributed by atoms with E-state index in [9.17, 15) is 4.79 Å². The normalized spacial score (nSPS) is 9.81. The van der Waals surface area contributed by atoms with E-state index in [2.05, 4.69) is 10.3 Å². The number of carbonyl (C=O) groups excluding carboxylic acids is 1. The summed E-state index contributed by atoms with van der Waals surface area (Å²) in [5.74, 6) is 0.328. The van der Waals surface area contributed by atoms with Crippen molar-refractivity contribution in [1.82, 2.24) is 4.98 Å². The number of aromatic nitrogens is 1. The monoisotopic (exact) mass is 223 g/mol. The van der Waals surface area contributed by atoms with Crippen LogP contribution < -0.4 is 11.1 Å². The number of hydrogen-bond donors (Lipinski definition) is 2. The molecule has 0 saturated heterocycles. The van der Waals surface area contributed by atoms with Crippen molar-refractivity contribution in [3.63, 3.8) is 0 Å². The van der Waals surface area contributed by atoms with Crippen molar-refractivity contribution in [3.8, 4) is 0 Å². The molecule has 16 heavy (non-hydrogen) atoms. The van der Waals surface area contributed by atoms with E-state index in [1.807, 2.05) is 6.07 Å². The molecule has 0 fully saturated rings. The van der Waals surface area contributed by atoms with E-state index in [1.165, 1.54) is 0 Å². The molecule has 1 aromatic heterocycles. The van der Waals surface area contributed by atoms with Gasteiger partial charge in [0.1, 0.15) is 5.82 Å². The van der Waals surface area contributed by atoms with Gasteiger partial charge in [0.25, 0.3) is 0 Å². The molecule has 0 bridgehead atoms. The number of rotatable bonds is 6. The van der Waals surface area contributed by atoms with Crippen LogP contribution in [0.25, 0.3) is 0 Å². The largest absolute Gasteiger partial charge is 0.466 e. The number of nitrogens with one attached hydrogen (secondary N) is 1. The minimum atomic E-state index is -0.154. The number of pyridine rings is 1. The average molecular weight is 223 g/mol. The molecule has 3 N–H and O–H groups in total. The highest BCUT2D eigenvalue weighted by Gasteiger charge is 2.00. The van der Waals surface area contributed by atoms with Gasteiger partial charge in [0.05, 0.1) is 6.61 Å². The first-order valence-electron chi connectivity index (χ1n) is 5.33. The molecule has 1 aromatic rings. The number of esters is 1. The second-order valence-corrected chi connectivity index (χ2v) is 3.30. The van der Waals surface area contributed by atoms with Crippen molar-refractivity contribution in [2.75, 3.05) is 24.2 Å². The maximum atomic E-state index is 11.0. The van der Waals surface area contributed by atoms with Crippen molar-refractivity contribution < 1.29 is 9.53 Å². The molecule has 0 aromatic carbocycles. The van der Waals surface area contributed by atoms with Gasteiger partial charge in [0.2, 0.25) is 0 Å². The molecule has 0 unspecified atom stereocenters. The summed E-state index contributed by atoms with van der Waals surface area (Å²) in [6, 6.07) is 3.59. The third kappa shape index (κ3) is 4.63. The number of nitrogens with two attached hydrogens (primary N) is 1. The van der Waals surface area contributed by atoms with Gasteiger partial charge in [-0.05, 0) is 19.4 Å². The molecule has 0 aliphatic rings. The van der Waals surface area contributed by atoms with Crippen molar-refractivity contribution in [2.24, 2.45) is 0 Å². The van der Waals surface area contributed by atoms with E-state index in [0.29, 0.717) is 25.4 Å². The second kappa shape index (κ2) is 6.66. The Morgan fingerprint density at radius 2 is 2.44 bits per heavy atom. The van der Waals surface area contributed by atoms with Gasteiger partial charge in [-0.1, -0.05) is 0 Å². The third-order valence-corrected chi connectivity index (χ3v) is 1.97. The van der Waals surface area contributed by atoms with Crippen LogP contribution in [0.5, 0.6) is 0 Å². The summed E-state index contributed by atoms with van der Waals surface area (Å²) in [6.07, 6.45) is 2.81. The van der Waals surface area contributed by atoms with E-state index in [1.54, 1.807) is 19.2 Å². The van der Waals surface area contributed by atoms with Crippen LogP contribution in [0.2, 0.25) is 0 Å². The molecule has 0 saturated carbocycles. The number of carbonyl (C=O) groups is 1. The maximum absolute atomic E-state index is 11.0. The van der Waals surface area contributed by atoms with Crippen LogP contribution in [0.4, 0.5) is 11.5 Å². The quantitative estimate of drug-likeness (QED) is 0.563. The smallest absolute Gasteiger partial charge is 0.305 e. The lowest BCUT2D eigenvalue weighted by atomic mass is 10.3. The van der Waals surface area contributed by atoms with Crippen LogP contribution in [0.15, 0.2) is 18.3 Å². The molecule has 0 spiro atoms. The van der Waals surface area contributed by atoms with Gasteiger partial charge in [0.15, 0.2) is 0 Å². The van der Waals surface area contributed by atoms with E-state index in [4.69, 9.17) is 10.5 Å². The van der Waals surface area contributed by atoms with Crippen molar-refractivity contribution >= 4 is 17.5 Å². The van der Waals surface area contributed by atoms with Gasteiger partial charge in [0, 0.05) is 30.9 Å². The molecular formula is C11H17N3O2. The Kier molecular flexibility index (Phi) is 5.11. The first kappa shape index (κ1) is 12.3. The van der Waals surface area contributed by atoms with Gasteiger partial charge in [-0.2, -0.15) is 0 Å². The fraction of sp³-hybridized carbons (Fsp3) is 0.455. The highest BCUT2D eigenvalue weighted by Crippen LogP contribution is 2.08. The lowest BCUT2D eigenvalue weighted by Gasteiger charge is -2.06. The molecule has 88 valence electrons. The van der Waals surface area contributed by atoms with Crippen LogP contribution in [0.3, 0.4) is 0 Å². The Morgan fingerprint density at radius 3 is 3.12 bits per heavy atom. The molecule has 1 heterocycles. The first-order valence-corrected chi connectivity index (χ1v) is 5.33. The Bertz CT molecular complexity index is 342. The zero-order chi connectivity index (χ0) is 11.8. The maximum Gasteiger partial charge on any atom is 0.305 e. The Morgan fingerprint density at radius 1 is 1.62 bits per heavy atom. The lowest BCUT2D eigenvalue weighted by Crippen LogP contribution is -2.08. The average Bonchev–Trinajstić information content (AvgIpc) is 2.25. The van der Waals surface area contributed by atoms with Crippen LogP contribution in [-0.2, 0) is 9.53 Å². The van der Waals surface area contributed by atoms with Crippen LogP contribution in [0, 0.1) is 0 Å². The van der Waals surface area contributed by atoms with Gasteiger partial charge in [-0.25, -0.2) is 4.98 Å². The summed E-state index contributed by atoms with van der Waals surface area (Å²) in [5.41, 5.74) is 6.44. The molecule has 0 radical (unpaired) electrons. The molecular weight excluding hydrogens is 206 g/mol. The van der Waals surface area contributed by atoms with Gasteiger partial charge in [-0.15, -0.1) is 0 Å². The van der Waals surface area contributed by atoms with Crippen LogP contribution >= 0.6 is 0 Å². The van der Waals surface area contributed by atoms with Crippen LogP contribution in [0.1, 0.15) is 19.8 Å². The zero-order valence-electron chi connectivity index (χ0n) is 9.40. The molecule has 1 rings (SSSR count). The van der Waals surface area contributed by atoms with E-state index in [0.717, 1.165) is 12.1 Å². The predicted octanol–water partition coefficient (Wildman–Crippen LogP) is 1.42. The fourth-order valence-electron chi connectivity index (χ4n) is 1.26. The Hall–Kier alpha value is -1.78. The highest BCUT2D eigenvalue weighted by molar-refractivity contribution is 5.69. The van der Waals surface area contributed by atoms with Crippen molar-refractivity contribution in [3.05, 3.63) is 18.3 Å². The summed E-state index contributed by atoms with van der Waals surface area (Å²) < 4.78 is 4.82. The van der Waals surface area contributed by atoms with Gasteiger partial charge >= 0.3 is 5.97 Å². The standard InChI is InChI=1S/C11H17N3O2/c1-2-16-11(15)4-3-6-13-9-5-7-14-10(12)8-9/h5,7-8H,2-4,6H2,1H3,(H3,12,13,14). The van der Waals surface area contributed by atoms with Gasteiger partial charge in [-0.3, -0.25) is 4.79 Å². The summed E-state index contributed by atoms with van der Waals surface area (Å²) in [5, 5.41) is 3.16. The number of nitrogens with zero attached hydrogens (tertiary/aromatic N) is 1. The SMILES string of the molecule is CCOC(=O)CCCNc1ccnc(N)c1. The lowest BCUT2D eigenvalue weighted by molar-refractivity contribution is -0.143. The van der Waals surface area contributed by atoms with Gasteiger partial charge < -0.3 is 15.8 Å². The molecule has 0 aliphatic heterocycles. The number of anilines is 2. The summed E-state index contributed by atoms with van der Waals surface area (Å²) >= 11 is 0. The third-order valence-electron chi connectivity index (χ3n) is 1.97. The van der Waals surface area contributed by atoms with Crippen LogP contribution in [-0.4, -0.2) is 24.1 Å². The molecule has 5 nitrogen and oxygen atoms in total. The Balaban J connectivity index is 2.18. The second-order valence-electron chi connectivity index (χ2n) is 3.30. The van der Waals surface area contributed by atoms with Crippen molar-refractivity contribution in [1.29, 1.82) is 0 Å². The molecule has 0 atom stereocenters. The van der Waals surface area contributed by atoms with E-state index < -0.39 is 0 Å². The highest BCUT2D eigenvalue weighted by atomic mass is 16.5. The summed E-state index contributed by atoms with van der Waals surface area (Å²) in [4.78, 5) is 14.9. The molecule has 5 heteroatoms. The minimum absolute atomic E-state index is 0.154. The Labute approximate surface area is 95.0 Å². The molecule has 0 amide bonds. The van der Waals surface area contributed by atoms with E-state index >= 15 is 0 Å². The summed E-state index contributed by atoms with van der Waals surface area (Å²) in [7, 11) is 0. The van der Waals surface area contributed by atoms with Crippen molar-refractivity contribution in [2.45, 2.75) is 19.8 Å². The fourth-order valence-corrected chi connectivity index (χ4v) is 1.26. The summed E-state index contributed by atoms with van der Waals surface area (Å²) in [6.45, 7) is 2.95. The number of nitrogen functional groups attached to an aromatic ring is 1. The number of ether oxygens (including phenoxy) is 1. The number of hydrogen-bond acceptors (Lipinski definition) is 5. The first-order chi connectivity index (χ1) is 7.72. The topological polar surface area (TPSA) is 77.2 Å². The molecule has 0 aliphatic carbocycles. The minimum Gasteiger partial charge on any atom is -0.466 e. The zero-order valence-corrected chi connectivity index (χ0v) is 9.40. The van der Waals surface area contributed by atoms with E-state index in [-0.39, 0.29) is 5.97 Å². The predicted molar refractivity (Wildman–Crippen MR) is 63.0 cm³/mol.